The molecule has 298 valence electrons. The number of nitrogens with one attached hydrogen (secondary N) is 5. The maximum atomic E-state index is 13.0. The van der Waals surface area contributed by atoms with Crippen LogP contribution in [0.3, 0.4) is 0 Å². The highest BCUT2D eigenvalue weighted by Crippen LogP contribution is 2.32. The topological polar surface area (TPSA) is 165 Å². The van der Waals surface area contributed by atoms with Crippen LogP contribution >= 0.6 is 0 Å². The Labute approximate surface area is 339 Å². The molecule has 2 atom stereocenters. The number of carbonyl (C=O) groups is 4. The van der Waals surface area contributed by atoms with Crippen molar-refractivity contribution in [1.82, 2.24) is 40.8 Å². The molecule has 2 saturated carbocycles. The number of benzene rings is 3. The van der Waals surface area contributed by atoms with Gasteiger partial charge in [0, 0.05) is 36.9 Å². The summed E-state index contributed by atoms with van der Waals surface area (Å²) >= 11 is 0. The van der Waals surface area contributed by atoms with Crippen molar-refractivity contribution in [1.29, 1.82) is 0 Å². The van der Waals surface area contributed by atoms with Crippen LogP contribution in [0.1, 0.15) is 91.9 Å². The lowest BCUT2D eigenvalue weighted by Crippen LogP contribution is -2.41. The van der Waals surface area contributed by atoms with Crippen LogP contribution in [-0.2, 0) is 25.6 Å². The van der Waals surface area contributed by atoms with Crippen LogP contribution in [0.25, 0.3) is 11.3 Å². The van der Waals surface area contributed by atoms with Gasteiger partial charge in [-0.2, -0.15) is 0 Å². The number of aromatic amines is 2. The zero-order valence-electron chi connectivity index (χ0n) is 32.6. The first kappa shape index (κ1) is 39.7. The average Bonchev–Trinajstić information content (AvgIpc) is 4.15. The first-order valence-electron chi connectivity index (χ1n) is 20.3. The fourth-order valence-corrected chi connectivity index (χ4v) is 6.85. The fraction of sp³-hybridized carbons (Fsp3) is 0.348. The second kappa shape index (κ2) is 19.6. The van der Waals surface area contributed by atoms with Gasteiger partial charge in [0.2, 0.25) is 23.6 Å². The van der Waals surface area contributed by atoms with Gasteiger partial charge in [-0.05, 0) is 80.5 Å². The average molecular weight is 779 g/mol. The van der Waals surface area contributed by atoms with E-state index in [1.165, 1.54) is 0 Å². The van der Waals surface area contributed by atoms with Gasteiger partial charge < -0.3 is 30.8 Å². The second-order valence-electron chi connectivity index (χ2n) is 15.0. The summed E-state index contributed by atoms with van der Waals surface area (Å²) in [7, 11) is 0. The van der Waals surface area contributed by atoms with Crippen LogP contribution < -0.4 is 16.0 Å². The van der Waals surface area contributed by atoms with E-state index in [0.29, 0.717) is 24.6 Å². The monoisotopic (exact) mass is 778 g/mol. The number of H-pyrrole nitrogens is 2. The van der Waals surface area contributed by atoms with E-state index in [4.69, 9.17) is 0 Å². The lowest BCUT2D eigenvalue weighted by molar-refractivity contribution is -0.134. The van der Waals surface area contributed by atoms with E-state index in [1.54, 1.807) is 11.1 Å². The number of unbranched alkanes of at least 4 members (excludes halogenated alkanes) is 1. The van der Waals surface area contributed by atoms with Crippen molar-refractivity contribution in [3.8, 4) is 23.1 Å². The van der Waals surface area contributed by atoms with Crippen LogP contribution in [0.5, 0.6) is 0 Å². The summed E-state index contributed by atoms with van der Waals surface area (Å²) in [6, 6.07) is 28.5. The van der Waals surface area contributed by atoms with Crippen molar-refractivity contribution >= 4 is 23.6 Å². The second-order valence-corrected chi connectivity index (χ2v) is 15.0. The molecule has 12 nitrogen and oxygen atoms in total. The lowest BCUT2D eigenvalue weighted by Gasteiger charge is -2.23. The Morgan fingerprint density at radius 3 is 2.14 bits per heavy atom. The highest BCUT2D eigenvalue weighted by atomic mass is 16.2. The van der Waals surface area contributed by atoms with E-state index in [2.05, 4.69) is 47.7 Å². The van der Waals surface area contributed by atoms with E-state index < -0.39 is 6.04 Å². The molecule has 8 rings (SSSR count). The number of imidazole rings is 2. The van der Waals surface area contributed by atoms with E-state index in [9.17, 15) is 19.2 Å². The molecule has 0 spiro atoms. The number of aryl methyl sites for hydroxylation is 1. The van der Waals surface area contributed by atoms with Crippen molar-refractivity contribution in [3.05, 3.63) is 132 Å². The quantitative estimate of drug-likeness (QED) is 0.0709. The summed E-state index contributed by atoms with van der Waals surface area (Å²) in [6.07, 6.45) is 11.2. The van der Waals surface area contributed by atoms with Gasteiger partial charge in [-0.3, -0.25) is 19.2 Å². The summed E-state index contributed by atoms with van der Waals surface area (Å²) < 4.78 is 0. The molecule has 3 aliphatic rings. The zero-order chi connectivity index (χ0) is 40.1. The lowest BCUT2D eigenvalue weighted by atomic mass is 10.1. The molecule has 2 aliphatic carbocycles. The Morgan fingerprint density at radius 2 is 1.43 bits per heavy atom. The van der Waals surface area contributed by atoms with Crippen molar-refractivity contribution in [2.45, 2.75) is 69.9 Å². The summed E-state index contributed by atoms with van der Waals surface area (Å²) in [6.45, 7) is 1.18. The SMILES string of the molecule is O=C(NCC(=O)N1CCCC1c1ncc(C#Cc2ccc(-c3cnc(CCCCNC(=O)C(NC(=O)C4CC4)c4ccccc4)[nH]3)cc2)[nH]1)C1CC1.c1ccccc1. The Hall–Kier alpha value is -6.48. The molecule has 2 aromatic heterocycles. The number of nitrogens with zero attached hydrogens (tertiary/aromatic N) is 3. The number of carbonyl (C=O) groups excluding carboxylic acids is 4. The first-order valence-corrected chi connectivity index (χ1v) is 20.3. The largest absolute Gasteiger partial charge is 0.354 e. The Bertz CT molecular complexity index is 2170. The van der Waals surface area contributed by atoms with Gasteiger partial charge in [0.25, 0.3) is 0 Å². The molecular formula is C46H50N8O4. The molecule has 0 radical (unpaired) electrons. The third-order valence-electron chi connectivity index (χ3n) is 10.4. The van der Waals surface area contributed by atoms with Crippen molar-refractivity contribution < 1.29 is 19.2 Å². The normalized spacial score (nSPS) is 16.2. The van der Waals surface area contributed by atoms with Crippen molar-refractivity contribution in [2.24, 2.45) is 11.8 Å². The Balaban J connectivity index is 0.000000783. The first-order chi connectivity index (χ1) is 28.4. The number of amides is 4. The number of rotatable bonds is 14. The molecule has 3 fully saturated rings. The maximum Gasteiger partial charge on any atom is 0.247 e. The van der Waals surface area contributed by atoms with Gasteiger partial charge >= 0.3 is 0 Å². The van der Waals surface area contributed by atoms with E-state index >= 15 is 0 Å². The summed E-state index contributed by atoms with van der Waals surface area (Å²) in [5.74, 6) is 7.67. The van der Waals surface area contributed by atoms with Crippen molar-refractivity contribution in [2.75, 3.05) is 19.6 Å². The number of hydrogen-bond acceptors (Lipinski definition) is 6. The van der Waals surface area contributed by atoms with E-state index in [-0.39, 0.29) is 48.1 Å². The minimum Gasteiger partial charge on any atom is -0.354 e. The zero-order valence-corrected chi connectivity index (χ0v) is 32.6. The van der Waals surface area contributed by atoms with Gasteiger partial charge in [0.15, 0.2) is 0 Å². The van der Waals surface area contributed by atoms with Gasteiger partial charge in [0.05, 0.1) is 30.7 Å². The molecular weight excluding hydrogens is 729 g/mol. The van der Waals surface area contributed by atoms with Crippen LogP contribution in [0.2, 0.25) is 0 Å². The predicted molar refractivity (Wildman–Crippen MR) is 220 cm³/mol. The highest BCUT2D eigenvalue weighted by molar-refractivity contribution is 5.90. The Morgan fingerprint density at radius 1 is 0.741 bits per heavy atom. The minimum absolute atomic E-state index is 0.0240. The molecule has 1 aliphatic heterocycles. The van der Waals surface area contributed by atoms with Crippen LogP contribution in [0.15, 0.2) is 103 Å². The van der Waals surface area contributed by atoms with E-state index in [0.717, 1.165) is 86.0 Å². The third kappa shape index (κ3) is 11.3. The standard InChI is InChI=1S/C40H44N8O4.C6H6/c49-35(25-44-38(50)29-16-17-29)48-22-6-9-33(48)37-43-23-31(45-37)20-13-26-11-14-27(15-12-26)32-24-42-34(46-32)10-4-5-21-41-40(52)36(28-7-2-1-3-8-28)47-39(51)30-18-19-30;1-2-4-6-5-3-1/h1-3,7-8,11-12,14-15,23-24,29-30,33,36H,4-6,9-10,16-19,21-22,25H2,(H,41,52)(H,42,46)(H,43,45)(H,44,50)(H,47,51);1-6H. The summed E-state index contributed by atoms with van der Waals surface area (Å²) in [4.78, 5) is 67.8. The smallest absolute Gasteiger partial charge is 0.247 e. The molecule has 5 aromatic rings. The third-order valence-corrected chi connectivity index (χ3v) is 10.4. The minimum atomic E-state index is -0.692. The van der Waals surface area contributed by atoms with Crippen LogP contribution in [0, 0.1) is 23.7 Å². The number of aromatic nitrogens is 4. The molecule has 4 amide bonds. The molecule has 2 unspecified atom stereocenters. The molecule has 3 heterocycles. The van der Waals surface area contributed by atoms with Crippen LogP contribution in [-0.4, -0.2) is 68.1 Å². The van der Waals surface area contributed by atoms with Crippen LogP contribution in [0.4, 0.5) is 0 Å². The highest BCUT2D eigenvalue weighted by Gasteiger charge is 2.34. The molecule has 1 saturated heterocycles. The van der Waals surface area contributed by atoms with Crippen molar-refractivity contribution in [3.63, 3.8) is 0 Å². The molecule has 0 bridgehead atoms. The van der Waals surface area contributed by atoms with E-state index in [1.807, 2.05) is 97.2 Å². The summed E-state index contributed by atoms with van der Waals surface area (Å²) in [5.41, 5.74) is 4.22. The number of hydrogen-bond donors (Lipinski definition) is 5. The number of likely N-dealkylation sites (tertiary alicyclic amines) is 1. The van der Waals surface area contributed by atoms with Gasteiger partial charge in [-0.1, -0.05) is 84.8 Å². The molecule has 58 heavy (non-hydrogen) atoms. The molecule has 5 N–H and O–H groups in total. The molecule has 3 aromatic carbocycles. The molecule has 12 heteroatoms. The van der Waals surface area contributed by atoms with Gasteiger partial charge in [-0.15, -0.1) is 0 Å². The fourth-order valence-electron chi connectivity index (χ4n) is 6.85. The Kier molecular flexibility index (Phi) is 13.4. The summed E-state index contributed by atoms with van der Waals surface area (Å²) in [5, 5.41) is 8.69. The maximum absolute atomic E-state index is 13.0. The predicted octanol–water partition coefficient (Wildman–Crippen LogP) is 5.78. The van der Waals surface area contributed by atoms with Gasteiger partial charge in [-0.25, -0.2) is 9.97 Å². The van der Waals surface area contributed by atoms with Gasteiger partial charge in [0.1, 0.15) is 23.4 Å².